The highest BCUT2D eigenvalue weighted by molar-refractivity contribution is 9.10. The molecule has 17 heavy (non-hydrogen) atoms. The molecule has 0 aliphatic heterocycles. The smallest absolute Gasteiger partial charge is 0.0552 e. The van der Waals surface area contributed by atoms with Crippen LogP contribution in [-0.4, -0.2) is 11.2 Å². The standard InChI is InChI=1S/C15H21BrO/c1-11(17)9-12-7-8-14(15(16)10-12)13-5-3-2-4-6-13/h7-8,10-11,13,17H,2-6,9H2,1H3. The van der Waals surface area contributed by atoms with E-state index in [0.717, 1.165) is 12.3 Å². The molecule has 0 aromatic heterocycles. The van der Waals surface area contributed by atoms with E-state index in [1.165, 1.54) is 47.7 Å². The summed E-state index contributed by atoms with van der Waals surface area (Å²) in [5.41, 5.74) is 2.67. The zero-order chi connectivity index (χ0) is 12.3. The lowest BCUT2D eigenvalue weighted by atomic mass is 9.84. The lowest BCUT2D eigenvalue weighted by molar-refractivity contribution is 0.195. The van der Waals surface area contributed by atoms with Crippen LogP contribution in [0, 0.1) is 0 Å². The highest BCUT2D eigenvalue weighted by atomic mass is 79.9. The summed E-state index contributed by atoms with van der Waals surface area (Å²) >= 11 is 3.69. The highest BCUT2D eigenvalue weighted by Gasteiger charge is 2.17. The van der Waals surface area contributed by atoms with Gasteiger partial charge in [0.05, 0.1) is 6.10 Å². The Morgan fingerprint density at radius 3 is 2.59 bits per heavy atom. The van der Waals surface area contributed by atoms with Crippen molar-refractivity contribution >= 4 is 15.9 Å². The number of rotatable bonds is 3. The molecular weight excluding hydrogens is 276 g/mol. The summed E-state index contributed by atoms with van der Waals surface area (Å²) in [4.78, 5) is 0. The van der Waals surface area contributed by atoms with Crippen molar-refractivity contribution in [2.75, 3.05) is 0 Å². The van der Waals surface area contributed by atoms with Crippen molar-refractivity contribution in [1.29, 1.82) is 0 Å². The van der Waals surface area contributed by atoms with Gasteiger partial charge in [0.15, 0.2) is 0 Å². The second-order valence-corrected chi connectivity index (χ2v) is 6.10. The summed E-state index contributed by atoms with van der Waals surface area (Å²) in [6.45, 7) is 1.84. The van der Waals surface area contributed by atoms with Gasteiger partial charge in [-0.25, -0.2) is 0 Å². The number of halogens is 1. The molecule has 1 aromatic rings. The molecule has 0 amide bonds. The molecule has 1 atom stereocenters. The molecule has 1 aromatic carbocycles. The van der Waals surface area contributed by atoms with Gasteiger partial charge in [-0.2, -0.15) is 0 Å². The van der Waals surface area contributed by atoms with Gasteiger partial charge in [-0.05, 0) is 49.3 Å². The van der Waals surface area contributed by atoms with Crippen molar-refractivity contribution in [1.82, 2.24) is 0 Å². The van der Waals surface area contributed by atoms with Crippen LogP contribution in [0.2, 0.25) is 0 Å². The first-order valence-corrected chi connectivity index (χ1v) is 7.42. The van der Waals surface area contributed by atoms with Gasteiger partial charge in [0.25, 0.3) is 0 Å². The summed E-state index contributed by atoms with van der Waals surface area (Å²) in [6.07, 6.45) is 7.27. The van der Waals surface area contributed by atoms with E-state index >= 15 is 0 Å². The molecule has 0 heterocycles. The highest BCUT2D eigenvalue weighted by Crippen LogP contribution is 2.36. The molecule has 0 saturated heterocycles. The molecule has 0 bridgehead atoms. The summed E-state index contributed by atoms with van der Waals surface area (Å²) in [7, 11) is 0. The predicted molar refractivity (Wildman–Crippen MR) is 75.4 cm³/mol. The molecule has 2 rings (SSSR count). The molecule has 1 aliphatic carbocycles. The van der Waals surface area contributed by atoms with Crippen LogP contribution in [0.1, 0.15) is 56.1 Å². The minimum atomic E-state index is -0.262. The van der Waals surface area contributed by atoms with Crippen LogP contribution in [0.15, 0.2) is 22.7 Å². The Bertz CT molecular complexity index is 367. The van der Waals surface area contributed by atoms with Crippen molar-refractivity contribution in [3.05, 3.63) is 33.8 Å². The quantitative estimate of drug-likeness (QED) is 0.875. The molecule has 2 heteroatoms. The first kappa shape index (κ1) is 13.1. The summed E-state index contributed by atoms with van der Waals surface area (Å²) in [5, 5.41) is 9.40. The Balaban J connectivity index is 2.13. The zero-order valence-corrected chi connectivity index (χ0v) is 12.0. The van der Waals surface area contributed by atoms with E-state index in [0.29, 0.717) is 0 Å². The molecule has 94 valence electrons. The van der Waals surface area contributed by atoms with Gasteiger partial charge in [0.2, 0.25) is 0 Å². The lowest BCUT2D eigenvalue weighted by Gasteiger charge is -2.23. The number of hydrogen-bond acceptors (Lipinski definition) is 1. The van der Waals surface area contributed by atoms with Crippen LogP contribution in [0.5, 0.6) is 0 Å². The van der Waals surface area contributed by atoms with Gasteiger partial charge in [-0.3, -0.25) is 0 Å². The minimum absolute atomic E-state index is 0.262. The van der Waals surface area contributed by atoms with E-state index in [1.807, 2.05) is 6.92 Å². The van der Waals surface area contributed by atoms with Gasteiger partial charge in [-0.1, -0.05) is 47.3 Å². The topological polar surface area (TPSA) is 20.2 Å². The number of hydrogen-bond donors (Lipinski definition) is 1. The molecule has 1 nitrogen and oxygen atoms in total. The summed E-state index contributed by atoms with van der Waals surface area (Å²) < 4.78 is 1.22. The van der Waals surface area contributed by atoms with Gasteiger partial charge in [0, 0.05) is 4.47 Å². The molecule has 1 saturated carbocycles. The van der Waals surface area contributed by atoms with Crippen molar-refractivity contribution in [2.24, 2.45) is 0 Å². The number of aliphatic hydroxyl groups excluding tert-OH is 1. The second kappa shape index (κ2) is 6.01. The van der Waals surface area contributed by atoms with Crippen LogP contribution in [0.25, 0.3) is 0 Å². The first-order valence-electron chi connectivity index (χ1n) is 6.63. The summed E-state index contributed by atoms with van der Waals surface area (Å²) in [5.74, 6) is 0.735. The van der Waals surface area contributed by atoms with Crippen LogP contribution < -0.4 is 0 Å². The van der Waals surface area contributed by atoms with Gasteiger partial charge >= 0.3 is 0 Å². The fourth-order valence-electron chi connectivity index (χ4n) is 2.78. The maximum absolute atomic E-state index is 9.40. The van der Waals surface area contributed by atoms with E-state index in [4.69, 9.17) is 0 Å². The Morgan fingerprint density at radius 1 is 1.29 bits per heavy atom. The third-order valence-corrected chi connectivity index (χ3v) is 4.33. The summed E-state index contributed by atoms with van der Waals surface area (Å²) in [6, 6.07) is 6.59. The van der Waals surface area contributed by atoms with Crippen LogP contribution in [-0.2, 0) is 6.42 Å². The monoisotopic (exact) mass is 296 g/mol. The molecule has 1 fully saturated rings. The fraction of sp³-hybridized carbons (Fsp3) is 0.600. The number of aliphatic hydroxyl groups is 1. The van der Waals surface area contributed by atoms with Gasteiger partial charge in [-0.15, -0.1) is 0 Å². The van der Waals surface area contributed by atoms with Crippen LogP contribution >= 0.6 is 15.9 Å². The van der Waals surface area contributed by atoms with Crippen LogP contribution in [0.4, 0.5) is 0 Å². The van der Waals surface area contributed by atoms with Crippen molar-refractivity contribution in [3.8, 4) is 0 Å². The molecular formula is C15H21BrO. The SMILES string of the molecule is CC(O)Cc1ccc(C2CCCCC2)c(Br)c1. The average Bonchev–Trinajstić information content (AvgIpc) is 2.29. The van der Waals surface area contributed by atoms with E-state index in [-0.39, 0.29) is 6.10 Å². The molecule has 0 radical (unpaired) electrons. The predicted octanol–water partition coefficient (Wildman–Crippen LogP) is 4.42. The Hall–Kier alpha value is -0.340. The van der Waals surface area contributed by atoms with E-state index in [1.54, 1.807) is 0 Å². The third kappa shape index (κ3) is 3.56. The molecule has 1 N–H and O–H groups in total. The van der Waals surface area contributed by atoms with E-state index in [2.05, 4.69) is 34.1 Å². The molecule has 0 spiro atoms. The van der Waals surface area contributed by atoms with E-state index < -0.39 is 0 Å². The van der Waals surface area contributed by atoms with Crippen molar-refractivity contribution in [2.45, 2.75) is 57.5 Å². The maximum Gasteiger partial charge on any atom is 0.0552 e. The third-order valence-electron chi connectivity index (χ3n) is 3.64. The zero-order valence-electron chi connectivity index (χ0n) is 10.5. The van der Waals surface area contributed by atoms with Gasteiger partial charge in [0.1, 0.15) is 0 Å². The minimum Gasteiger partial charge on any atom is -0.393 e. The molecule has 1 aliphatic rings. The molecule has 1 unspecified atom stereocenters. The lowest BCUT2D eigenvalue weighted by Crippen LogP contribution is -2.07. The first-order chi connectivity index (χ1) is 8.16. The second-order valence-electron chi connectivity index (χ2n) is 5.24. The van der Waals surface area contributed by atoms with Crippen LogP contribution in [0.3, 0.4) is 0 Å². The normalized spacial score (nSPS) is 19.2. The Kier molecular flexibility index (Phi) is 4.63. The Labute approximate surface area is 112 Å². The van der Waals surface area contributed by atoms with Crippen molar-refractivity contribution < 1.29 is 5.11 Å². The fourth-order valence-corrected chi connectivity index (χ4v) is 3.53. The van der Waals surface area contributed by atoms with Gasteiger partial charge < -0.3 is 5.11 Å². The number of benzene rings is 1. The average molecular weight is 297 g/mol. The Morgan fingerprint density at radius 2 is 2.00 bits per heavy atom. The van der Waals surface area contributed by atoms with E-state index in [9.17, 15) is 5.11 Å². The van der Waals surface area contributed by atoms with Crippen molar-refractivity contribution in [3.63, 3.8) is 0 Å². The largest absolute Gasteiger partial charge is 0.393 e. The maximum atomic E-state index is 9.40.